The van der Waals surface area contributed by atoms with Crippen LogP contribution in [0.5, 0.6) is 0 Å². The molecule has 0 amide bonds. The first-order valence-corrected chi connectivity index (χ1v) is 11.5. The number of fused-ring (bicyclic) bond motifs is 2. The van der Waals surface area contributed by atoms with Gasteiger partial charge in [-0.3, -0.25) is 0 Å². The Kier molecular flexibility index (Phi) is 7.43. The zero-order valence-corrected chi connectivity index (χ0v) is 20.0. The Morgan fingerprint density at radius 3 is 1.87 bits per heavy atom. The minimum absolute atomic E-state index is 0. The fraction of sp³-hybridized carbons (Fsp3) is 0.519. The maximum absolute atomic E-state index is 10.5. The number of quaternary nitrogens is 1. The molecular formula is C27H35BrN2. The summed E-state index contributed by atoms with van der Waals surface area (Å²) in [5.74, 6) is 0.625. The van der Waals surface area contributed by atoms with Crippen molar-refractivity contribution >= 4 is 0 Å². The van der Waals surface area contributed by atoms with E-state index in [0.717, 1.165) is 29.6 Å². The Balaban J connectivity index is 0.00000256. The smallest absolute Gasteiger partial charge is 0.107 e. The predicted octanol–water partition coefficient (Wildman–Crippen LogP) is 3.08. The summed E-state index contributed by atoms with van der Waals surface area (Å²) in [7, 11) is 2.51. The molecule has 2 aliphatic rings. The van der Waals surface area contributed by atoms with E-state index < -0.39 is 5.41 Å². The highest BCUT2D eigenvalue weighted by Gasteiger charge is 2.52. The molecule has 2 aromatic rings. The van der Waals surface area contributed by atoms with E-state index >= 15 is 0 Å². The van der Waals surface area contributed by atoms with Gasteiger partial charge in [-0.05, 0) is 29.9 Å². The van der Waals surface area contributed by atoms with Crippen molar-refractivity contribution in [2.45, 2.75) is 69.4 Å². The summed E-state index contributed by atoms with van der Waals surface area (Å²) in [5.41, 5.74) is 1.75. The molecular weight excluding hydrogens is 432 g/mol. The van der Waals surface area contributed by atoms with Gasteiger partial charge in [0.2, 0.25) is 0 Å². The predicted molar refractivity (Wildman–Crippen MR) is 119 cm³/mol. The van der Waals surface area contributed by atoms with Crippen LogP contribution in [0.25, 0.3) is 0 Å². The lowest BCUT2D eigenvalue weighted by atomic mass is 9.67. The normalized spacial score (nSPS) is 27.8. The molecule has 0 N–H and O–H groups in total. The number of piperidine rings is 1. The molecule has 0 radical (unpaired) electrons. The molecule has 4 rings (SSSR count). The number of hydrogen-bond donors (Lipinski definition) is 0. The number of halogens is 1. The molecule has 160 valence electrons. The summed E-state index contributed by atoms with van der Waals surface area (Å²) < 4.78 is 1.29. The molecule has 30 heavy (non-hydrogen) atoms. The molecule has 0 saturated carbocycles. The Morgan fingerprint density at radius 2 is 1.43 bits per heavy atom. The third kappa shape index (κ3) is 4.10. The van der Waals surface area contributed by atoms with Crippen molar-refractivity contribution in [1.82, 2.24) is 0 Å². The van der Waals surface area contributed by atoms with Gasteiger partial charge in [0, 0.05) is 25.7 Å². The summed E-state index contributed by atoms with van der Waals surface area (Å²) in [4.78, 5) is 0. The first-order chi connectivity index (χ1) is 14.1. The highest BCUT2D eigenvalue weighted by molar-refractivity contribution is 5.45. The van der Waals surface area contributed by atoms with Crippen molar-refractivity contribution in [3.05, 3.63) is 71.8 Å². The largest absolute Gasteiger partial charge is 1.00 e. The average Bonchev–Trinajstić information content (AvgIpc) is 2.94. The number of nitriles is 1. The van der Waals surface area contributed by atoms with E-state index in [-0.39, 0.29) is 17.0 Å². The molecule has 3 heteroatoms. The van der Waals surface area contributed by atoms with Crippen LogP contribution in [0.3, 0.4) is 0 Å². The third-order valence-corrected chi connectivity index (χ3v) is 8.02. The molecule has 0 aliphatic carbocycles. The SMILES string of the molecule is CCCC[N+]1(C)[C@@H]2CC[C@H]1C[C@@H](CC(C#N)(c1ccccc1)c1ccccc1)C2.[Br-]. The molecule has 2 saturated heterocycles. The molecule has 0 spiro atoms. The van der Waals surface area contributed by atoms with Gasteiger partial charge >= 0.3 is 0 Å². The van der Waals surface area contributed by atoms with Gasteiger partial charge in [0.25, 0.3) is 0 Å². The molecule has 4 atom stereocenters. The summed E-state index contributed by atoms with van der Waals surface area (Å²) in [5, 5.41) is 10.5. The minimum Gasteiger partial charge on any atom is -1.00 e. The van der Waals surface area contributed by atoms with Crippen LogP contribution >= 0.6 is 0 Å². The summed E-state index contributed by atoms with van der Waals surface area (Å²) >= 11 is 0. The van der Waals surface area contributed by atoms with Crippen LogP contribution in [0.2, 0.25) is 0 Å². The van der Waals surface area contributed by atoms with E-state index in [1.165, 1.54) is 49.6 Å². The van der Waals surface area contributed by atoms with Gasteiger partial charge < -0.3 is 21.5 Å². The van der Waals surface area contributed by atoms with Crippen LogP contribution in [-0.2, 0) is 5.41 Å². The Morgan fingerprint density at radius 1 is 0.933 bits per heavy atom. The van der Waals surface area contributed by atoms with Crippen LogP contribution in [0.4, 0.5) is 0 Å². The highest BCUT2D eigenvalue weighted by atomic mass is 79.9. The lowest BCUT2D eigenvalue weighted by Crippen LogP contribution is -3.00. The van der Waals surface area contributed by atoms with Crippen LogP contribution in [-0.4, -0.2) is 30.2 Å². The van der Waals surface area contributed by atoms with E-state index in [1.807, 2.05) is 12.1 Å². The van der Waals surface area contributed by atoms with Crippen LogP contribution in [0.1, 0.15) is 63.0 Å². The van der Waals surface area contributed by atoms with E-state index in [9.17, 15) is 5.26 Å². The van der Waals surface area contributed by atoms with Crippen molar-refractivity contribution in [2.24, 2.45) is 5.92 Å². The van der Waals surface area contributed by atoms with Gasteiger partial charge in [-0.25, -0.2) is 0 Å². The van der Waals surface area contributed by atoms with Gasteiger partial charge in [0.15, 0.2) is 0 Å². The molecule has 2 aromatic carbocycles. The standard InChI is InChI=1S/C27H35N2.BrH/c1-3-4-17-29(2)25-15-16-26(29)19-22(18-25)20-27(21-28,23-11-7-5-8-12-23)24-13-9-6-10-14-24;/h5-14,22,25-26H,3-4,15-20H2,1-2H3;1H/q+1;/p-1/t22-,25+,26-,29?;. The van der Waals surface area contributed by atoms with Gasteiger partial charge in [-0.2, -0.15) is 5.26 Å². The second-order valence-electron chi connectivity index (χ2n) is 9.60. The second kappa shape index (κ2) is 9.67. The lowest BCUT2D eigenvalue weighted by Gasteiger charge is -2.48. The van der Waals surface area contributed by atoms with Gasteiger partial charge in [0.1, 0.15) is 5.41 Å². The maximum atomic E-state index is 10.5. The van der Waals surface area contributed by atoms with E-state index in [0.29, 0.717) is 5.92 Å². The second-order valence-corrected chi connectivity index (χ2v) is 9.60. The summed E-state index contributed by atoms with van der Waals surface area (Å²) in [6.45, 7) is 3.64. The van der Waals surface area contributed by atoms with Crippen molar-refractivity contribution in [3.8, 4) is 6.07 Å². The minimum atomic E-state index is -0.545. The van der Waals surface area contributed by atoms with Gasteiger partial charge in [-0.1, -0.05) is 74.0 Å². The number of unbranched alkanes of at least 4 members (excludes halogenated alkanes) is 1. The first kappa shape index (κ1) is 23.0. The van der Waals surface area contributed by atoms with E-state index in [4.69, 9.17) is 0 Å². The summed E-state index contributed by atoms with van der Waals surface area (Å²) in [6.07, 6.45) is 8.87. The van der Waals surface area contributed by atoms with E-state index in [1.54, 1.807) is 0 Å². The lowest BCUT2D eigenvalue weighted by molar-refractivity contribution is -0.949. The molecule has 2 fully saturated rings. The van der Waals surface area contributed by atoms with E-state index in [2.05, 4.69) is 68.6 Å². The fourth-order valence-electron chi connectivity index (χ4n) is 6.34. The van der Waals surface area contributed by atoms with Crippen LogP contribution in [0.15, 0.2) is 60.7 Å². The molecule has 2 bridgehead atoms. The quantitative estimate of drug-likeness (QED) is 0.575. The fourth-order valence-corrected chi connectivity index (χ4v) is 6.34. The van der Waals surface area contributed by atoms with Crippen molar-refractivity contribution in [2.75, 3.05) is 13.6 Å². The third-order valence-electron chi connectivity index (χ3n) is 8.02. The maximum Gasteiger partial charge on any atom is 0.107 e. The monoisotopic (exact) mass is 466 g/mol. The number of rotatable bonds is 7. The van der Waals surface area contributed by atoms with Crippen molar-refractivity contribution in [3.63, 3.8) is 0 Å². The number of hydrogen-bond acceptors (Lipinski definition) is 1. The molecule has 1 unspecified atom stereocenters. The molecule has 2 nitrogen and oxygen atoms in total. The summed E-state index contributed by atoms with van der Waals surface area (Å²) in [6, 6.07) is 25.4. The Bertz CT molecular complexity index is 789. The van der Waals surface area contributed by atoms with Crippen LogP contribution < -0.4 is 17.0 Å². The number of nitrogens with zero attached hydrogens (tertiary/aromatic N) is 2. The molecule has 0 aromatic heterocycles. The van der Waals surface area contributed by atoms with Crippen molar-refractivity contribution in [1.29, 1.82) is 5.26 Å². The molecule has 2 aliphatic heterocycles. The van der Waals surface area contributed by atoms with Gasteiger partial charge in [0.05, 0.1) is 31.7 Å². The average molecular weight is 467 g/mol. The topological polar surface area (TPSA) is 23.8 Å². The van der Waals surface area contributed by atoms with Crippen molar-refractivity contribution < 1.29 is 21.5 Å². The van der Waals surface area contributed by atoms with Crippen LogP contribution in [0, 0.1) is 17.2 Å². The Hall–Kier alpha value is -1.63. The highest BCUT2D eigenvalue weighted by Crippen LogP contribution is 2.48. The van der Waals surface area contributed by atoms with Gasteiger partial charge in [-0.15, -0.1) is 0 Å². The zero-order chi connectivity index (χ0) is 20.3. The zero-order valence-electron chi connectivity index (χ0n) is 18.4. The number of benzene rings is 2. The Labute approximate surface area is 193 Å². The molecule has 2 heterocycles. The first-order valence-electron chi connectivity index (χ1n) is 11.5.